The number of benzene rings is 3. The second-order valence-electron chi connectivity index (χ2n) is 11.6. The summed E-state index contributed by atoms with van der Waals surface area (Å²) in [4.78, 5) is 43.7. The van der Waals surface area contributed by atoms with Crippen LogP contribution in [0.2, 0.25) is 0 Å². The molecule has 4 atom stereocenters. The number of carbonyl (C=O) groups excluding carboxylic acids is 3. The number of aliphatic hydroxyl groups is 1. The van der Waals surface area contributed by atoms with Crippen LogP contribution in [0.5, 0.6) is 0 Å². The van der Waals surface area contributed by atoms with E-state index in [0.717, 1.165) is 35.7 Å². The van der Waals surface area contributed by atoms with Crippen LogP contribution in [-0.2, 0) is 32.0 Å². The van der Waals surface area contributed by atoms with Gasteiger partial charge in [0.1, 0.15) is 24.5 Å². The summed E-state index contributed by atoms with van der Waals surface area (Å²) in [5.41, 5.74) is 1.52. The molecule has 4 unspecified atom stereocenters. The molecule has 4 rings (SSSR count). The second kappa shape index (κ2) is 15.7. The minimum Gasteiger partial charge on any atom is -0.392 e. The highest BCUT2D eigenvalue weighted by atomic mass is 19.1. The Morgan fingerprint density at radius 2 is 1.66 bits per heavy atom. The molecule has 1 heterocycles. The Morgan fingerprint density at radius 1 is 0.977 bits per heavy atom. The average Bonchev–Trinajstić information content (AvgIpc) is 3.54. The molecule has 3 N–H and O–H groups in total. The van der Waals surface area contributed by atoms with Gasteiger partial charge in [0.05, 0.1) is 12.7 Å². The number of hydrogen-bond acceptors (Lipinski definition) is 6. The predicted molar refractivity (Wildman–Crippen MR) is 167 cm³/mol. The Bertz CT molecular complexity index is 1410. The Balaban J connectivity index is 1.58. The number of halogens is 1. The van der Waals surface area contributed by atoms with Crippen LogP contribution in [0.4, 0.5) is 4.39 Å². The number of fused-ring (bicyclic) bond motifs is 1. The fourth-order valence-corrected chi connectivity index (χ4v) is 5.45. The van der Waals surface area contributed by atoms with E-state index in [1.807, 2.05) is 42.5 Å². The quantitative estimate of drug-likeness (QED) is 0.260. The summed E-state index contributed by atoms with van der Waals surface area (Å²) in [6.45, 7) is 2.72. The average molecular weight is 607 g/mol. The van der Waals surface area contributed by atoms with Gasteiger partial charge in [-0.05, 0) is 60.3 Å². The van der Waals surface area contributed by atoms with E-state index in [4.69, 9.17) is 4.74 Å². The molecule has 236 valence electrons. The predicted octanol–water partition coefficient (Wildman–Crippen LogP) is 2.68. The van der Waals surface area contributed by atoms with Gasteiger partial charge in [0.25, 0.3) is 0 Å². The third-order valence-corrected chi connectivity index (χ3v) is 8.13. The van der Waals surface area contributed by atoms with Crippen molar-refractivity contribution in [2.45, 2.75) is 56.8 Å². The largest absolute Gasteiger partial charge is 0.392 e. The molecule has 0 bridgehead atoms. The summed E-state index contributed by atoms with van der Waals surface area (Å²) in [5.74, 6) is -1.64. The minimum absolute atomic E-state index is 0.00682. The van der Waals surface area contributed by atoms with Crippen molar-refractivity contribution in [2.24, 2.45) is 0 Å². The molecule has 10 heteroatoms. The lowest BCUT2D eigenvalue weighted by Crippen LogP contribution is -2.56. The van der Waals surface area contributed by atoms with Gasteiger partial charge < -0.3 is 30.3 Å². The number of nitrogens with one attached hydrogen (secondary N) is 2. The fourth-order valence-electron chi connectivity index (χ4n) is 5.45. The van der Waals surface area contributed by atoms with Gasteiger partial charge in [-0.2, -0.15) is 0 Å². The molecule has 3 aromatic rings. The molecule has 0 spiro atoms. The van der Waals surface area contributed by atoms with E-state index in [1.165, 1.54) is 29.0 Å². The van der Waals surface area contributed by atoms with Gasteiger partial charge in [0.2, 0.25) is 17.7 Å². The van der Waals surface area contributed by atoms with Gasteiger partial charge in [0.15, 0.2) is 0 Å². The molecule has 0 aromatic heterocycles. The standard InChI is InChI=1S/C34H43FN4O5/c1-23(40)20-37-33(42)30(18-24-11-14-28(35)15-12-24)39(3)34(43)31(19-25-10-13-26-7-4-5-8-27(26)17-25)38(2)32(41)22-44-21-29-9-6-16-36-29/h4-5,7-8,10-15,17,23,29-31,36,40H,6,9,16,18-22H2,1-3H3,(H,37,42). The topological polar surface area (TPSA) is 111 Å². The number of amides is 3. The number of ether oxygens (including phenoxy) is 1. The minimum atomic E-state index is -0.973. The van der Waals surface area contributed by atoms with Crippen LogP contribution >= 0.6 is 0 Å². The number of nitrogens with zero attached hydrogens (tertiary/aromatic N) is 2. The van der Waals surface area contributed by atoms with Crippen molar-refractivity contribution in [1.29, 1.82) is 0 Å². The number of hydrogen-bond donors (Lipinski definition) is 3. The Kier molecular flexibility index (Phi) is 11.8. The lowest BCUT2D eigenvalue weighted by atomic mass is 9.98. The highest BCUT2D eigenvalue weighted by molar-refractivity contribution is 5.92. The van der Waals surface area contributed by atoms with Crippen LogP contribution in [0.15, 0.2) is 66.7 Å². The van der Waals surface area contributed by atoms with Crippen LogP contribution in [0.3, 0.4) is 0 Å². The molecule has 1 aliphatic heterocycles. The SMILES string of the molecule is CC(O)CNC(=O)C(Cc1ccc(F)cc1)N(C)C(=O)C(Cc1ccc2ccccc2c1)N(C)C(=O)COCC1CCCN1. The van der Waals surface area contributed by atoms with Crippen LogP contribution in [0.25, 0.3) is 10.8 Å². The molecule has 0 aliphatic carbocycles. The first-order valence-electron chi connectivity index (χ1n) is 15.1. The number of likely N-dealkylation sites (N-methyl/N-ethyl adjacent to an activating group) is 2. The van der Waals surface area contributed by atoms with Crippen molar-refractivity contribution >= 4 is 28.5 Å². The summed E-state index contributed by atoms with van der Waals surface area (Å²) in [6, 6.07) is 17.9. The third-order valence-electron chi connectivity index (χ3n) is 8.13. The first-order valence-corrected chi connectivity index (χ1v) is 15.1. The van der Waals surface area contributed by atoms with Crippen LogP contribution in [-0.4, -0.2) is 97.3 Å². The van der Waals surface area contributed by atoms with E-state index >= 15 is 0 Å². The summed E-state index contributed by atoms with van der Waals surface area (Å²) >= 11 is 0. The lowest BCUT2D eigenvalue weighted by Gasteiger charge is -2.35. The van der Waals surface area contributed by atoms with Gasteiger partial charge in [-0.1, -0.05) is 54.6 Å². The molecule has 0 radical (unpaired) electrons. The first-order chi connectivity index (χ1) is 21.1. The van der Waals surface area contributed by atoms with Crippen molar-refractivity contribution in [3.05, 3.63) is 83.7 Å². The highest BCUT2D eigenvalue weighted by Gasteiger charge is 2.35. The Morgan fingerprint density at radius 3 is 2.34 bits per heavy atom. The zero-order valence-corrected chi connectivity index (χ0v) is 25.7. The Hall–Kier alpha value is -3.86. The number of aliphatic hydroxyl groups excluding tert-OH is 1. The maximum Gasteiger partial charge on any atom is 0.249 e. The van der Waals surface area contributed by atoms with Gasteiger partial charge in [-0.3, -0.25) is 14.4 Å². The van der Waals surface area contributed by atoms with E-state index in [1.54, 1.807) is 26.1 Å². The van der Waals surface area contributed by atoms with Crippen LogP contribution < -0.4 is 10.6 Å². The molecule has 1 saturated heterocycles. The first kappa shape index (κ1) is 33.0. The number of rotatable bonds is 14. The summed E-state index contributed by atoms with van der Waals surface area (Å²) in [5, 5.41) is 17.9. The van der Waals surface area contributed by atoms with Crippen LogP contribution in [0, 0.1) is 5.82 Å². The zero-order valence-electron chi connectivity index (χ0n) is 25.7. The smallest absolute Gasteiger partial charge is 0.249 e. The molecular formula is C34H43FN4O5. The molecule has 0 saturated carbocycles. The fraction of sp³-hybridized carbons (Fsp3) is 0.441. The van der Waals surface area contributed by atoms with E-state index in [9.17, 15) is 23.9 Å². The van der Waals surface area contributed by atoms with Gasteiger partial charge in [-0.15, -0.1) is 0 Å². The molecule has 44 heavy (non-hydrogen) atoms. The number of carbonyl (C=O) groups is 3. The van der Waals surface area contributed by atoms with E-state index in [0.29, 0.717) is 12.2 Å². The second-order valence-corrected chi connectivity index (χ2v) is 11.6. The molecule has 1 fully saturated rings. The van der Waals surface area contributed by atoms with Crippen molar-refractivity contribution in [1.82, 2.24) is 20.4 Å². The monoisotopic (exact) mass is 606 g/mol. The zero-order chi connectivity index (χ0) is 31.6. The summed E-state index contributed by atoms with van der Waals surface area (Å²) in [6.07, 6.45) is 1.62. The maximum absolute atomic E-state index is 14.3. The van der Waals surface area contributed by atoms with Crippen LogP contribution in [0.1, 0.15) is 30.9 Å². The lowest BCUT2D eigenvalue weighted by molar-refractivity contribution is -0.149. The maximum atomic E-state index is 14.3. The van der Waals surface area contributed by atoms with Gasteiger partial charge in [-0.25, -0.2) is 4.39 Å². The Labute approximate surface area is 258 Å². The van der Waals surface area contributed by atoms with Gasteiger partial charge >= 0.3 is 0 Å². The molecule has 3 amide bonds. The summed E-state index contributed by atoms with van der Waals surface area (Å²) < 4.78 is 19.3. The van der Waals surface area contributed by atoms with Gasteiger partial charge in [0, 0.05) is 39.5 Å². The van der Waals surface area contributed by atoms with Crippen molar-refractivity contribution in [2.75, 3.05) is 40.4 Å². The molecular weight excluding hydrogens is 563 g/mol. The normalized spacial score (nSPS) is 16.7. The van der Waals surface area contributed by atoms with E-state index in [2.05, 4.69) is 10.6 Å². The van der Waals surface area contributed by atoms with E-state index in [-0.39, 0.29) is 37.9 Å². The molecule has 9 nitrogen and oxygen atoms in total. The highest BCUT2D eigenvalue weighted by Crippen LogP contribution is 2.20. The summed E-state index contributed by atoms with van der Waals surface area (Å²) in [7, 11) is 3.12. The van der Waals surface area contributed by atoms with Crippen molar-refractivity contribution in [3.8, 4) is 0 Å². The van der Waals surface area contributed by atoms with Crippen molar-refractivity contribution < 1.29 is 28.6 Å². The third kappa shape index (κ3) is 9.07. The van der Waals surface area contributed by atoms with Crippen molar-refractivity contribution in [3.63, 3.8) is 0 Å². The molecule has 1 aliphatic rings. The van der Waals surface area contributed by atoms with E-state index < -0.39 is 35.8 Å². The molecule has 3 aromatic carbocycles.